The first kappa shape index (κ1) is 29.2. The maximum absolute atomic E-state index is 12.9. The molecule has 0 spiro atoms. The number of carbonyl (C=O) groups is 2. The van der Waals surface area contributed by atoms with E-state index in [4.69, 9.17) is 14.7 Å². The van der Waals surface area contributed by atoms with Gasteiger partial charge in [0, 0.05) is 61.4 Å². The van der Waals surface area contributed by atoms with E-state index in [1.54, 1.807) is 17.4 Å². The highest BCUT2D eigenvalue weighted by Crippen LogP contribution is 2.39. The summed E-state index contributed by atoms with van der Waals surface area (Å²) in [5, 5.41) is 8.27. The lowest BCUT2D eigenvalue weighted by atomic mass is 10.1. The molecule has 0 unspecified atom stereocenters. The Hall–Kier alpha value is -3.93. The second-order valence-corrected chi connectivity index (χ2v) is 12.3. The van der Waals surface area contributed by atoms with Gasteiger partial charge in [-0.3, -0.25) is 14.7 Å². The minimum absolute atomic E-state index is 0.0735. The van der Waals surface area contributed by atoms with Crippen molar-refractivity contribution in [3.8, 4) is 11.4 Å². The number of hydrogen-bond acceptors (Lipinski definition) is 9. The van der Waals surface area contributed by atoms with E-state index in [-0.39, 0.29) is 11.7 Å². The van der Waals surface area contributed by atoms with Gasteiger partial charge in [-0.15, -0.1) is 11.3 Å². The van der Waals surface area contributed by atoms with Crippen molar-refractivity contribution in [3.63, 3.8) is 0 Å². The van der Waals surface area contributed by atoms with Gasteiger partial charge in [-0.2, -0.15) is 5.10 Å². The van der Waals surface area contributed by atoms with Gasteiger partial charge in [-0.05, 0) is 50.7 Å². The number of aromatic amines is 1. The van der Waals surface area contributed by atoms with Crippen LogP contribution in [0, 0.1) is 0 Å². The number of ether oxygens (including phenoxy) is 1. The molecule has 1 N–H and O–H groups in total. The van der Waals surface area contributed by atoms with E-state index in [1.165, 1.54) is 10.5 Å². The number of allylic oxidation sites excluding steroid dienone is 1. The van der Waals surface area contributed by atoms with Gasteiger partial charge in [-0.25, -0.2) is 9.97 Å². The second-order valence-electron chi connectivity index (χ2n) is 11.2. The number of H-pyrrole nitrogens is 1. The van der Waals surface area contributed by atoms with Crippen LogP contribution in [0.4, 0.5) is 5.82 Å². The smallest absolute Gasteiger partial charge is 0.222 e. The van der Waals surface area contributed by atoms with Crippen molar-refractivity contribution in [1.29, 1.82) is 0 Å². The first-order valence-electron chi connectivity index (χ1n) is 14.8. The van der Waals surface area contributed by atoms with Crippen LogP contribution < -0.4 is 4.90 Å². The highest BCUT2D eigenvalue weighted by molar-refractivity contribution is 7.20. The number of nitrogens with zero attached hydrogens (tertiary/aromatic N) is 6. The molecular weight excluding hydrogens is 562 g/mol. The zero-order valence-corrected chi connectivity index (χ0v) is 25.5. The quantitative estimate of drug-likeness (QED) is 0.265. The molecule has 0 bridgehead atoms. The molecular formula is C32H37N7O3S. The summed E-state index contributed by atoms with van der Waals surface area (Å²) in [6.07, 6.45) is 9.63. The number of amides is 1. The second kappa shape index (κ2) is 13.2. The fourth-order valence-corrected chi connectivity index (χ4v) is 6.70. The van der Waals surface area contributed by atoms with E-state index in [0.29, 0.717) is 51.4 Å². The minimum Gasteiger partial charge on any atom is -0.378 e. The van der Waals surface area contributed by atoms with E-state index in [1.807, 2.05) is 54.4 Å². The summed E-state index contributed by atoms with van der Waals surface area (Å²) in [7, 11) is 3.92. The van der Waals surface area contributed by atoms with Crippen LogP contribution in [-0.4, -0.2) is 102 Å². The number of likely N-dealkylation sites (N-methyl/N-ethyl adjacent to an activating group) is 1. The Labute approximate surface area is 255 Å². The molecule has 0 atom stereocenters. The summed E-state index contributed by atoms with van der Waals surface area (Å²) in [5.74, 6) is 1.81. The molecule has 2 aliphatic rings. The Morgan fingerprint density at radius 2 is 2.00 bits per heavy atom. The van der Waals surface area contributed by atoms with E-state index < -0.39 is 0 Å². The van der Waals surface area contributed by atoms with Gasteiger partial charge < -0.3 is 19.4 Å². The number of aromatic nitrogens is 4. The van der Waals surface area contributed by atoms with Crippen molar-refractivity contribution in [2.75, 3.05) is 64.9 Å². The number of morpholine rings is 1. The predicted octanol–water partition coefficient (Wildman–Crippen LogP) is 4.54. The molecule has 6 rings (SSSR count). The highest BCUT2D eigenvalue weighted by atomic mass is 32.1. The Morgan fingerprint density at radius 3 is 2.79 bits per heavy atom. The monoisotopic (exact) mass is 599 g/mol. The molecule has 1 saturated heterocycles. The van der Waals surface area contributed by atoms with Gasteiger partial charge in [0.25, 0.3) is 0 Å². The summed E-state index contributed by atoms with van der Waals surface area (Å²) >= 11 is 1.72. The van der Waals surface area contributed by atoms with Crippen LogP contribution in [0.25, 0.3) is 38.1 Å². The Balaban J connectivity index is 1.19. The fraction of sp³-hybridized carbons (Fsp3) is 0.406. The topological polar surface area (TPSA) is 108 Å². The standard InChI is InChI=1S/C32H37N7O3S/c1-37(2)13-5-7-23(40)6-3-10-29(41)38-14-11-22(12-15-38)28-20-27-30(43-28)32(39-16-18-42-19-17-39)35-31(34-27)24-8-4-9-26-25(24)21-33-36-26/h4-5,7-9,11,20-21H,3,6,10,12-19H2,1-2H3,(H,33,36). The third-order valence-corrected chi connectivity index (χ3v) is 9.05. The largest absolute Gasteiger partial charge is 0.378 e. The summed E-state index contributed by atoms with van der Waals surface area (Å²) in [6.45, 7) is 4.90. The molecule has 0 saturated carbocycles. The molecule has 1 aromatic carbocycles. The number of nitrogens with one attached hydrogen (secondary N) is 1. The lowest BCUT2D eigenvalue weighted by Gasteiger charge is -2.28. The molecule has 0 aliphatic carbocycles. The van der Waals surface area contributed by atoms with Crippen LogP contribution in [0.1, 0.15) is 30.6 Å². The van der Waals surface area contributed by atoms with Crippen molar-refractivity contribution < 1.29 is 14.3 Å². The van der Waals surface area contributed by atoms with E-state index >= 15 is 0 Å². The summed E-state index contributed by atoms with van der Waals surface area (Å²) in [5.41, 5.74) is 4.07. The predicted molar refractivity (Wildman–Crippen MR) is 171 cm³/mol. The number of carbonyl (C=O) groups excluding carboxylic acids is 2. The first-order chi connectivity index (χ1) is 21.0. The summed E-state index contributed by atoms with van der Waals surface area (Å²) in [6, 6.07) is 8.22. The van der Waals surface area contributed by atoms with Crippen molar-refractivity contribution in [2.45, 2.75) is 25.7 Å². The van der Waals surface area contributed by atoms with E-state index in [2.05, 4.69) is 27.2 Å². The van der Waals surface area contributed by atoms with Crippen molar-refractivity contribution >= 4 is 55.5 Å². The number of fused-ring (bicyclic) bond motifs is 2. The van der Waals surface area contributed by atoms with Gasteiger partial charge in [0.05, 0.1) is 35.1 Å². The number of rotatable bonds is 10. The van der Waals surface area contributed by atoms with Gasteiger partial charge >= 0.3 is 0 Å². The molecule has 5 heterocycles. The number of benzene rings is 1. The van der Waals surface area contributed by atoms with Crippen LogP contribution in [0.15, 0.2) is 48.7 Å². The fourth-order valence-electron chi connectivity index (χ4n) is 5.52. The van der Waals surface area contributed by atoms with Crippen molar-refractivity contribution in [1.82, 2.24) is 30.0 Å². The summed E-state index contributed by atoms with van der Waals surface area (Å²) in [4.78, 5) is 42.4. The molecule has 10 nitrogen and oxygen atoms in total. The zero-order chi connectivity index (χ0) is 29.8. The maximum Gasteiger partial charge on any atom is 0.222 e. The molecule has 1 amide bonds. The Kier molecular flexibility index (Phi) is 8.92. The van der Waals surface area contributed by atoms with Crippen molar-refractivity contribution in [3.05, 3.63) is 53.6 Å². The number of anilines is 1. The van der Waals surface area contributed by atoms with Gasteiger partial charge in [0.15, 0.2) is 17.4 Å². The van der Waals surface area contributed by atoms with Crippen LogP contribution in [0.3, 0.4) is 0 Å². The minimum atomic E-state index is 0.0735. The Morgan fingerprint density at radius 1 is 1.14 bits per heavy atom. The molecule has 2 aliphatic heterocycles. The first-order valence-corrected chi connectivity index (χ1v) is 15.7. The molecule has 4 aromatic rings. The average Bonchev–Trinajstić information content (AvgIpc) is 3.68. The maximum atomic E-state index is 12.9. The van der Waals surface area contributed by atoms with Crippen LogP contribution in [0.2, 0.25) is 0 Å². The highest BCUT2D eigenvalue weighted by Gasteiger charge is 2.23. The number of ketones is 1. The molecule has 3 aromatic heterocycles. The van der Waals surface area contributed by atoms with Gasteiger partial charge in [0.2, 0.25) is 5.91 Å². The van der Waals surface area contributed by atoms with E-state index in [0.717, 1.165) is 58.6 Å². The van der Waals surface area contributed by atoms with Crippen LogP contribution in [0.5, 0.6) is 0 Å². The SMILES string of the molecule is CN(C)CC=CC(=O)CCCC(=O)N1CC=C(c2cc3nc(-c4cccc5[nH]ncc45)nc(N4CCOCC4)c3s2)CC1. The number of hydrogen-bond donors (Lipinski definition) is 1. The molecule has 11 heteroatoms. The van der Waals surface area contributed by atoms with Crippen molar-refractivity contribution in [2.24, 2.45) is 0 Å². The molecule has 0 radical (unpaired) electrons. The number of thiophene rings is 1. The van der Waals surface area contributed by atoms with E-state index in [9.17, 15) is 9.59 Å². The zero-order valence-electron chi connectivity index (χ0n) is 24.7. The van der Waals surface area contributed by atoms with Crippen LogP contribution >= 0.6 is 11.3 Å². The summed E-state index contributed by atoms with van der Waals surface area (Å²) < 4.78 is 6.70. The average molecular weight is 600 g/mol. The molecule has 43 heavy (non-hydrogen) atoms. The normalized spacial score (nSPS) is 16.1. The lowest BCUT2D eigenvalue weighted by molar-refractivity contribution is -0.130. The molecule has 224 valence electrons. The third kappa shape index (κ3) is 6.69. The van der Waals surface area contributed by atoms with Gasteiger partial charge in [-0.1, -0.05) is 24.3 Å². The van der Waals surface area contributed by atoms with Crippen LogP contribution in [-0.2, 0) is 14.3 Å². The Bertz CT molecular complexity index is 1680. The molecule has 1 fully saturated rings. The van der Waals surface area contributed by atoms with Gasteiger partial charge in [0.1, 0.15) is 0 Å². The lowest BCUT2D eigenvalue weighted by Crippen LogP contribution is -2.36. The third-order valence-electron chi connectivity index (χ3n) is 7.86.